The van der Waals surface area contributed by atoms with Crippen molar-refractivity contribution in [1.29, 1.82) is 0 Å². The van der Waals surface area contributed by atoms with Gasteiger partial charge < -0.3 is 5.73 Å². The molecule has 0 amide bonds. The molecule has 1 nitrogen and oxygen atoms in total. The first kappa shape index (κ1) is 13.2. The average molecular weight is 219 g/mol. The maximum atomic E-state index is 5.73. The third-order valence-corrected chi connectivity index (χ3v) is 3.35. The highest BCUT2D eigenvalue weighted by Gasteiger charge is 2.13. The molecule has 1 heteroatoms. The summed E-state index contributed by atoms with van der Waals surface area (Å²) >= 11 is 0. The van der Waals surface area contributed by atoms with Crippen molar-refractivity contribution in [1.82, 2.24) is 0 Å². The third kappa shape index (κ3) is 3.64. The van der Waals surface area contributed by atoms with Crippen molar-refractivity contribution in [3.63, 3.8) is 0 Å². The number of benzene rings is 1. The average Bonchev–Trinajstić information content (AvgIpc) is 2.26. The van der Waals surface area contributed by atoms with Crippen molar-refractivity contribution < 1.29 is 0 Å². The first-order valence-corrected chi connectivity index (χ1v) is 6.33. The van der Waals surface area contributed by atoms with Crippen LogP contribution in [0.3, 0.4) is 0 Å². The minimum absolute atomic E-state index is 0.550. The van der Waals surface area contributed by atoms with Gasteiger partial charge in [-0.3, -0.25) is 0 Å². The monoisotopic (exact) mass is 219 g/mol. The van der Waals surface area contributed by atoms with E-state index in [-0.39, 0.29) is 0 Å². The van der Waals surface area contributed by atoms with Crippen LogP contribution in [0.25, 0.3) is 0 Å². The summed E-state index contributed by atoms with van der Waals surface area (Å²) in [6.07, 6.45) is 1.16. The van der Waals surface area contributed by atoms with Crippen LogP contribution >= 0.6 is 0 Å². The lowest BCUT2D eigenvalue weighted by Crippen LogP contribution is -2.17. The molecule has 0 saturated heterocycles. The van der Waals surface area contributed by atoms with Crippen LogP contribution in [0.5, 0.6) is 0 Å². The lowest BCUT2D eigenvalue weighted by molar-refractivity contribution is 0.498. The van der Waals surface area contributed by atoms with Crippen LogP contribution in [0, 0.1) is 11.8 Å². The fraction of sp³-hybridized carbons (Fsp3) is 0.600. The van der Waals surface area contributed by atoms with Gasteiger partial charge in [0.25, 0.3) is 0 Å². The lowest BCUT2D eigenvalue weighted by Gasteiger charge is -2.19. The molecule has 90 valence electrons. The minimum Gasteiger partial charge on any atom is -0.330 e. The molecule has 16 heavy (non-hydrogen) atoms. The standard InChI is InChI=1S/C15H25N/c1-11(2)8-14-6-5-7-15(9-14)13(4)12(3)10-16/h5-7,9,11-13H,8,10,16H2,1-4H3. The first-order chi connectivity index (χ1) is 7.54. The Labute approximate surface area is 100 Å². The maximum Gasteiger partial charge on any atom is -0.00458 e. The highest BCUT2D eigenvalue weighted by Crippen LogP contribution is 2.24. The number of hydrogen-bond acceptors (Lipinski definition) is 1. The van der Waals surface area contributed by atoms with Gasteiger partial charge in [0.15, 0.2) is 0 Å². The molecule has 0 aliphatic rings. The SMILES string of the molecule is CC(C)Cc1cccc(C(C)C(C)CN)c1. The lowest BCUT2D eigenvalue weighted by atomic mass is 9.87. The van der Waals surface area contributed by atoms with Crippen LogP contribution < -0.4 is 5.73 Å². The number of rotatable bonds is 5. The van der Waals surface area contributed by atoms with Gasteiger partial charge in [-0.1, -0.05) is 52.0 Å². The van der Waals surface area contributed by atoms with E-state index in [2.05, 4.69) is 52.0 Å². The van der Waals surface area contributed by atoms with Crippen molar-refractivity contribution in [3.05, 3.63) is 35.4 Å². The van der Waals surface area contributed by atoms with E-state index in [1.807, 2.05) is 0 Å². The molecule has 0 aliphatic heterocycles. The molecule has 0 aromatic heterocycles. The predicted octanol–water partition coefficient (Wildman–Crippen LogP) is 3.58. The summed E-state index contributed by atoms with van der Waals surface area (Å²) in [5.41, 5.74) is 8.60. The first-order valence-electron chi connectivity index (χ1n) is 6.33. The predicted molar refractivity (Wildman–Crippen MR) is 71.6 cm³/mol. The zero-order chi connectivity index (χ0) is 12.1. The molecule has 1 aromatic rings. The Morgan fingerprint density at radius 3 is 2.38 bits per heavy atom. The van der Waals surface area contributed by atoms with Gasteiger partial charge in [0.05, 0.1) is 0 Å². The van der Waals surface area contributed by atoms with Gasteiger partial charge in [0.2, 0.25) is 0 Å². The molecular formula is C15H25N. The Morgan fingerprint density at radius 2 is 1.81 bits per heavy atom. The molecule has 2 N–H and O–H groups in total. The van der Waals surface area contributed by atoms with Crippen LogP contribution in [0.4, 0.5) is 0 Å². The summed E-state index contributed by atoms with van der Waals surface area (Å²) in [7, 11) is 0. The second-order valence-corrected chi connectivity index (χ2v) is 5.34. The maximum absolute atomic E-state index is 5.73. The Kier molecular flexibility index (Phi) is 5.01. The van der Waals surface area contributed by atoms with Gasteiger partial charge >= 0.3 is 0 Å². The van der Waals surface area contributed by atoms with Gasteiger partial charge in [-0.15, -0.1) is 0 Å². The summed E-state index contributed by atoms with van der Waals surface area (Å²) in [5.74, 6) is 1.82. The van der Waals surface area contributed by atoms with Crippen LogP contribution in [0.1, 0.15) is 44.7 Å². The van der Waals surface area contributed by atoms with Crippen molar-refractivity contribution >= 4 is 0 Å². The Balaban J connectivity index is 2.81. The molecule has 2 unspecified atom stereocenters. The largest absolute Gasteiger partial charge is 0.330 e. The second-order valence-electron chi connectivity index (χ2n) is 5.34. The Bertz CT molecular complexity index is 317. The fourth-order valence-electron chi connectivity index (χ4n) is 2.01. The number of hydrogen-bond donors (Lipinski definition) is 1. The second kappa shape index (κ2) is 6.05. The summed E-state index contributed by atoms with van der Waals surface area (Å²) in [6.45, 7) is 9.78. The van der Waals surface area contributed by atoms with E-state index in [0.717, 1.165) is 18.9 Å². The number of nitrogens with two attached hydrogens (primary N) is 1. The third-order valence-electron chi connectivity index (χ3n) is 3.35. The van der Waals surface area contributed by atoms with Gasteiger partial charge in [0, 0.05) is 0 Å². The van der Waals surface area contributed by atoms with Crippen LogP contribution in [-0.4, -0.2) is 6.54 Å². The van der Waals surface area contributed by atoms with Gasteiger partial charge in [-0.2, -0.15) is 0 Å². The molecule has 0 heterocycles. The summed E-state index contributed by atoms with van der Waals surface area (Å²) in [5, 5.41) is 0. The smallest absolute Gasteiger partial charge is 0.00458 e. The molecule has 0 aliphatic carbocycles. The van der Waals surface area contributed by atoms with Crippen molar-refractivity contribution in [2.45, 2.75) is 40.0 Å². The van der Waals surface area contributed by atoms with Gasteiger partial charge in [-0.05, 0) is 41.8 Å². The van der Waals surface area contributed by atoms with E-state index in [1.54, 1.807) is 0 Å². The summed E-state index contributed by atoms with van der Waals surface area (Å²) < 4.78 is 0. The molecule has 0 saturated carbocycles. The van der Waals surface area contributed by atoms with Gasteiger partial charge in [-0.25, -0.2) is 0 Å². The zero-order valence-corrected chi connectivity index (χ0v) is 11.0. The van der Waals surface area contributed by atoms with E-state index in [9.17, 15) is 0 Å². The Morgan fingerprint density at radius 1 is 1.12 bits per heavy atom. The van der Waals surface area contributed by atoms with Crippen molar-refractivity contribution in [2.75, 3.05) is 6.54 Å². The Hall–Kier alpha value is -0.820. The minimum atomic E-state index is 0.550. The molecule has 1 rings (SSSR count). The topological polar surface area (TPSA) is 26.0 Å². The summed E-state index contributed by atoms with van der Waals surface area (Å²) in [4.78, 5) is 0. The summed E-state index contributed by atoms with van der Waals surface area (Å²) in [6, 6.07) is 8.97. The van der Waals surface area contributed by atoms with Crippen molar-refractivity contribution in [2.24, 2.45) is 17.6 Å². The van der Waals surface area contributed by atoms with E-state index < -0.39 is 0 Å². The zero-order valence-electron chi connectivity index (χ0n) is 11.0. The molecule has 0 radical (unpaired) electrons. The van der Waals surface area contributed by atoms with Crippen molar-refractivity contribution in [3.8, 4) is 0 Å². The highest BCUT2D eigenvalue weighted by atomic mass is 14.5. The van der Waals surface area contributed by atoms with E-state index in [4.69, 9.17) is 5.73 Å². The molecular weight excluding hydrogens is 194 g/mol. The van der Waals surface area contributed by atoms with Crippen LogP contribution in [0.15, 0.2) is 24.3 Å². The molecule has 0 bridgehead atoms. The van der Waals surface area contributed by atoms with Crippen LogP contribution in [-0.2, 0) is 6.42 Å². The van der Waals surface area contributed by atoms with E-state index >= 15 is 0 Å². The molecule has 2 atom stereocenters. The fourth-order valence-corrected chi connectivity index (χ4v) is 2.01. The van der Waals surface area contributed by atoms with Crippen LogP contribution in [0.2, 0.25) is 0 Å². The van der Waals surface area contributed by atoms with E-state index in [1.165, 1.54) is 11.1 Å². The highest BCUT2D eigenvalue weighted by molar-refractivity contribution is 5.26. The quantitative estimate of drug-likeness (QED) is 0.804. The normalized spacial score (nSPS) is 15.1. The molecule has 0 fully saturated rings. The molecule has 0 spiro atoms. The molecule has 1 aromatic carbocycles. The van der Waals surface area contributed by atoms with Gasteiger partial charge in [0.1, 0.15) is 0 Å². The van der Waals surface area contributed by atoms with E-state index in [0.29, 0.717) is 11.8 Å².